The van der Waals surface area contributed by atoms with Crippen LogP contribution in [0, 0.1) is 5.92 Å². The van der Waals surface area contributed by atoms with E-state index in [1.165, 1.54) is 12.8 Å². The predicted octanol–water partition coefficient (Wildman–Crippen LogP) is 2.29. The number of nitrogens with zero attached hydrogens (tertiary/aromatic N) is 3. The molecular weight excluding hydrogens is 264 g/mol. The summed E-state index contributed by atoms with van der Waals surface area (Å²) in [5, 5.41) is 7.19. The number of pyridine rings is 1. The number of hydrogen-bond acceptors (Lipinski definition) is 3. The van der Waals surface area contributed by atoms with Gasteiger partial charge in [0.25, 0.3) is 0 Å². The minimum atomic E-state index is 0.180. The average molecular weight is 284 g/mol. The van der Waals surface area contributed by atoms with Crippen LogP contribution in [0.5, 0.6) is 0 Å². The summed E-state index contributed by atoms with van der Waals surface area (Å²) in [6, 6.07) is 2.05. The molecular formula is C16H20N4O. The maximum Gasteiger partial charge on any atom is 0.223 e. The van der Waals surface area contributed by atoms with E-state index in [0.29, 0.717) is 6.54 Å². The molecule has 1 fully saturated rings. The Balaban J connectivity index is 1.64. The fourth-order valence-electron chi connectivity index (χ4n) is 2.83. The molecule has 2 heterocycles. The van der Waals surface area contributed by atoms with Crippen LogP contribution < -0.4 is 5.32 Å². The lowest BCUT2D eigenvalue weighted by molar-refractivity contribution is -0.124. The topological polar surface area (TPSA) is 59.8 Å². The maximum absolute atomic E-state index is 12.0. The molecule has 5 heteroatoms. The molecule has 0 aromatic carbocycles. The molecule has 0 bridgehead atoms. The minimum Gasteiger partial charge on any atom is -0.352 e. The smallest absolute Gasteiger partial charge is 0.223 e. The van der Waals surface area contributed by atoms with Gasteiger partial charge < -0.3 is 5.32 Å². The van der Waals surface area contributed by atoms with Gasteiger partial charge in [-0.25, -0.2) is 0 Å². The molecule has 0 atom stereocenters. The van der Waals surface area contributed by atoms with Crippen LogP contribution in [0.3, 0.4) is 0 Å². The van der Waals surface area contributed by atoms with Crippen molar-refractivity contribution in [3.63, 3.8) is 0 Å². The number of hydrogen-bond donors (Lipinski definition) is 1. The normalized spacial score (nSPS) is 15.3. The second-order valence-corrected chi connectivity index (χ2v) is 5.68. The van der Waals surface area contributed by atoms with Gasteiger partial charge in [-0.2, -0.15) is 5.10 Å². The highest BCUT2D eigenvalue weighted by Gasteiger charge is 2.22. The fourth-order valence-corrected chi connectivity index (χ4v) is 2.83. The van der Waals surface area contributed by atoms with Crippen molar-refractivity contribution >= 4 is 5.91 Å². The SMILES string of the molecule is Cn1cc(-c2cncc(CNC(=O)C3CCCC3)c2)cn1. The van der Waals surface area contributed by atoms with E-state index in [-0.39, 0.29) is 11.8 Å². The van der Waals surface area contributed by atoms with E-state index in [9.17, 15) is 4.79 Å². The molecule has 2 aromatic rings. The largest absolute Gasteiger partial charge is 0.352 e. The molecule has 0 unspecified atom stereocenters. The standard InChI is InChI=1S/C16H20N4O/c1-20-11-15(10-19-20)14-6-12(7-17-9-14)8-18-16(21)13-4-2-3-5-13/h6-7,9-11,13H,2-5,8H2,1H3,(H,18,21). The Morgan fingerprint density at radius 3 is 2.81 bits per heavy atom. The first kappa shape index (κ1) is 13.8. The van der Waals surface area contributed by atoms with E-state index in [4.69, 9.17) is 0 Å². The second kappa shape index (κ2) is 6.08. The van der Waals surface area contributed by atoms with Crippen molar-refractivity contribution in [2.75, 3.05) is 0 Å². The summed E-state index contributed by atoms with van der Waals surface area (Å²) >= 11 is 0. The molecule has 1 amide bonds. The van der Waals surface area contributed by atoms with E-state index in [1.807, 2.05) is 25.6 Å². The van der Waals surface area contributed by atoms with Crippen molar-refractivity contribution in [3.05, 3.63) is 36.4 Å². The van der Waals surface area contributed by atoms with Gasteiger partial charge in [-0.3, -0.25) is 14.5 Å². The van der Waals surface area contributed by atoms with Gasteiger partial charge in [0, 0.05) is 49.2 Å². The van der Waals surface area contributed by atoms with Gasteiger partial charge in [-0.05, 0) is 24.5 Å². The number of carbonyl (C=O) groups excluding carboxylic acids is 1. The van der Waals surface area contributed by atoms with Crippen molar-refractivity contribution < 1.29 is 4.79 Å². The van der Waals surface area contributed by atoms with Gasteiger partial charge >= 0.3 is 0 Å². The van der Waals surface area contributed by atoms with Crippen LogP contribution in [0.25, 0.3) is 11.1 Å². The summed E-state index contributed by atoms with van der Waals surface area (Å²) < 4.78 is 1.77. The molecule has 3 rings (SSSR count). The summed E-state index contributed by atoms with van der Waals surface area (Å²) in [5.74, 6) is 0.388. The zero-order chi connectivity index (χ0) is 14.7. The van der Waals surface area contributed by atoms with Crippen LogP contribution in [0.1, 0.15) is 31.2 Å². The van der Waals surface area contributed by atoms with Crippen molar-refractivity contribution in [1.82, 2.24) is 20.1 Å². The summed E-state index contributed by atoms with van der Waals surface area (Å²) in [5.41, 5.74) is 3.08. The highest BCUT2D eigenvalue weighted by molar-refractivity contribution is 5.78. The summed E-state index contributed by atoms with van der Waals surface area (Å²) in [4.78, 5) is 16.3. The second-order valence-electron chi connectivity index (χ2n) is 5.68. The molecule has 5 nitrogen and oxygen atoms in total. The number of aryl methyl sites for hydroxylation is 1. The molecule has 1 aliphatic rings. The molecule has 1 aliphatic carbocycles. The molecule has 1 N–H and O–H groups in total. The van der Waals surface area contributed by atoms with Gasteiger partial charge in [-0.1, -0.05) is 12.8 Å². The molecule has 110 valence electrons. The van der Waals surface area contributed by atoms with Crippen molar-refractivity contribution in [2.24, 2.45) is 13.0 Å². The Bertz CT molecular complexity index is 629. The highest BCUT2D eigenvalue weighted by Crippen LogP contribution is 2.24. The van der Waals surface area contributed by atoms with Gasteiger partial charge in [0.05, 0.1) is 6.20 Å². The van der Waals surface area contributed by atoms with E-state index in [1.54, 1.807) is 10.9 Å². The fraction of sp³-hybridized carbons (Fsp3) is 0.438. The summed E-state index contributed by atoms with van der Waals surface area (Å²) in [6.07, 6.45) is 11.8. The minimum absolute atomic E-state index is 0.180. The summed E-state index contributed by atoms with van der Waals surface area (Å²) in [6.45, 7) is 0.538. The van der Waals surface area contributed by atoms with E-state index < -0.39 is 0 Å². The highest BCUT2D eigenvalue weighted by atomic mass is 16.1. The lowest BCUT2D eigenvalue weighted by Crippen LogP contribution is -2.28. The lowest BCUT2D eigenvalue weighted by Gasteiger charge is -2.10. The van der Waals surface area contributed by atoms with Gasteiger partial charge in [0.15, 0.2) is 0 Å². The molecule has 0 spiro atoms. The quantitative estimate of drug-likeness (QED) is 0.937. The number of rotatable bonds is 4. The molecule has 21 heavy (non-hydrogen) atoms. The van der Waals surface area contributed by atoms with Crippen molar-refractivity contribution in [3.8, 4) is 11.1 Å². The third kappa shape index (κ3) is 3.29. The van der Waals surface area contributed by atoms with E-state index in [0.717, 1.165) is 29.5 Å². The molecule has 0 aliphatic heterocycles. The Morgan fingerprint density at radius 1 is 1.29 bits per heavy atom. The monoisotopic (exact) mass is 284 g/mol. The zero-order valence-corrected chi connectivity index (χ0v) is 12.2. The van der Waals surface area contributed by atoms with E-state index in [2.05, 4.69) is 21.5 Å². The first-order valence-corrected chi connectivity index (χ1v) is 7.43. The van der Waals surface area contributed by atoms with Crippen LogP contribution in [0.15, 0.2) is 30.9 Å². The van der Waals surface area contributed by atoms with Crippen LogP contribution in [0.2, 0.25) is 0 Å². The third-order valence-corrected chi connectivity index (χ3v) is 4.03. The Hall–Kier alpha value is -2.17. The number of carbonyl (C=O) groups is 1. The van der Waals surface area contributed by atoms with Gasteiger partial charge in [0.2, 0.25) is 5.91 Å². The summed E-state index contributed by atoms with van der Waals surface area (Å²) in [7, 11) is 1.89. The van der Waals surface area contributed by atoms with Gasteiger partial charge in [-0.15, -0.1) is 0 Å². The Morgan fingerprint density at radius 2 is 2.10 bits per heavy atom. The maximum atomic E-state index is 12.0. The lowest BCUT2D eigenvalue weighted by atomic mass is 10.1. The van der Waals surface area contributed by atoms with Crippen molar-refractivity contribution in [2.45, 2.75) is 32.2 Å². The predicted molar refractivity (Wildman–Crippen MR) is 80.2 cm³/mol. The molecule has 1 saturated carbocycles. The van der Waals surface area contributed by atoms with Crippen LogP contribution in [-0.2, 0) is 18.4 Å². The first-order chi connectivity index (χ1) is 10.2. The molecule has 0 radical (unpaired) electrons. The van der Waals surface area contributed by atoms with Crippen molar-refractivity contribution in [1.29, 1.82) is 0 Å². The first-order valence-electron chi connectivity index (χ1n) is 7.43. The Kier molecular flexibility index (Phi) is 3.99. The van der Waals surface area contributed by atoms with E-state index >= 15 is 0 Å². The third-order valence-electron chi connectivity index (χ3n) is 4.03. The Labute approximate surface area is 124 Å². The van der Waals surface area contributed by atoms with Gasteiger partial charge in [0.1, 0.15) is 0 Å². The van der Waals surface area contributed by atoms with Crippen LogP contribution in [-0.4, -0.2) is 20.7 Å². The zero-order valence-electron chi connectivity index (χ0n) is 12.2. The van der Waals surface area contributed by atoms with Crippen LogP contribution >= 0.6 is 0 Å². The van der Waals surface area contributed by atoms with Crippen LogP contribution in [0.4, 0.5) is 0 Å². The molecule has 2 aromatic heterocycles. The average Bonchev–Trinajstić information content (AvgIpc) is 3.16. The number of aromatic nitrogens is 3. The number of nitrogens with one attached hydrogen (secondary N) is 1. The molecule has 0 saturated heterocycles. The number of amides is 1.